The fourth-order valence-electron chi connectivity index (χ4n) is 4.86. The van der Waals surface area contributed by atoms with Crippen LogP contribution in [-0.2, 0) is 20.8 Å². The van der Waals surface area contributed by atoms with Gasteiger partial charge < -0.3 is 19.3 Å². The number of imide groups is 1. The molecule has 1 saturated heterocycles. The van der Waals surface area contributed by atoms with E-state index in [-0.39, 0.29) is 23.3 Å². The number of fused-ring (bicyclic) bond motifs is 1. The van der Waals surface area contributed by atoms with Gasteiger partial charge in [0.1, 0.15) is 23.7 Å². The summed E-state index contributed by atoms with van der Waals surface area (Å²) in [5.41, 5.74) is 1.00. The summed E-state index contributed by atoms with van der Waals surface area (Å²) in [6.45, 7) is 2.24. The SMILES string of the molecule is CCS[C@@H]1O[C@H](COCc2ccccc2)[C@@H](O)[C@H](OC(=O)c2ccccc2)[C@H]1N1C(=O)c2ccccc2C1=O. The molecule has 9 heteroatoms. The third-order valence-electron chi connectivity index (χ3n) is 6.74. The number of carbonyl (C=O) groups excluding carboxylic acids is 3. The smallest absolute Gasteiger partial charge is 0.338 e. The molecule has 2 amide bonds. The maximum atomic E-state index is 13.5. The summed E-state index contributed by atoms with van der Waals surface area (Å²) in [7, 11) is 0. The van der Waals surface area contributed by atoms with Crippen molar-refractivity contribution in [1.82, 2.24) is 4.90 Å². The number of thioether (sulfide) groups is 1. The van der Waals surface area contributed by atoms with Gasteiger partial charge >= 0.3 is 5.97 Å². The molecule has 0 unspecified atom stereocenters. The number of aliphatic hydroxyl groups excluding tert-OH is 1. The van der Waals surface area contributed by atoms with Crippen LogP contribution in [0.15, 0.2) is 84.9 Å². The van der Waals surface area contributed by atoms with Crippen molar-refractivity contribution < 1.29 is 33.7 Å². The molecule has 0 aliphatic carbocycles. The number of aliphatic hydroxyl groups is 1. The van der Waals surface area contributed by atoms with Crippen molar-refractivity contribution in [2.24, 2.45) is 0 Å². The van der Waals surface area contributed by atoms with Crippen molar-refractivity contribution in [1.29, 1.82) is 0 Å². The molecular weight excluding hydrogens is 518 g/mol. The summed E-state index contributed by atoms with van der Waals surface area (Å²) in [4.78, 5) is 41.2. The number of hydrogen-bond donors (Lipinski definition) is 1. The van der Waals surface area contributed by atoms with E-state index in [0.29, 0.717) is 12.4 Å². The Balaban J connectivity index is 1.45. The first-order chi connectivity index (χ1) is 19.0. The van der Waals surface area contributed by atoms with Crippen molar-refractivity contribution in [3.05, 3.63) is 107 Å². The molecule has 1 N–H and O–H groups in total. The van der Waals surface area contributed by atoms with E-state index in [1.165, 1.54) is 11.8 Å². The van der Waals surface area contributed by atoms with E-state index in [4.69, 9.17) is 14.2 Å². The number of esters is 1. The molecule has 0 spiro atoms. The predicted octanol–water partition coefficient (Wildman–Crippen LogP) is 3.93. The Hall–Kier alpha value is -3.50. The fraction of sp³-hybridized carbons (Fsp3) is 0.300. The summed E-state index contributed by atoms with van der Waals surface area (Å²) in [5, 5.41) is 11.5. The van der Waals surface area contributed by atoms with Crippen LogP contribution in [0.25, 0.3) is 0 Å². The third-order valence-corrected chi connectivity index (χ3v) is 7.79. The lowest BCUT2D eigenvalue weighted by atomic mass is 9.96. The Bertz CT molecular complexity index is 1280. The molecule has 2 aliphatic rings. The van der Waals surface area contributed by atoms with Crippen LogP contribution in [0.5, 0.6) is 0 Å². The molecule has 0 aromatic heterocycles. The van der Waals surface area contributed by atoms with Crippen molar-refractivity contribution in [3.8, 4) is 0 Å². The van der Waals surface area contributed by atoms with Crippen LogP contribution < -0.4 is 0 Å². The average Bonchev–Trinajstić information content (AvgIpc) is 3.22. The van der Waals surface area contributed by atoms with Gasteiger partial charge in [0.25, 0.3) is 11.8 Å². The van der Waals surface area contributed by atoms with Crippen LogP contribution in [0.2, 0.25) is 0 Å². The number of ether oxygens (including phenoxy) is 3. The highest BCUT2D eigenvalue weighted by molar-refractivity contribution is 7.99. The van der Waals surface area contributed by atoms with E-state index in [0.717, 1.165) is 10.5 Å². The van der Waals surface area contributed by atoms with Crippen LogP contribution in [0, 0.1) is 0 Å². The highest BCUT2D eigenvalue weighted by Gasteiger charge is 2.55. The number of carbonyl (C=O) groups is 3. The number of nitrogens with zero attached hydrogens (tertiary/aromatic N) is 1. The van der Waals surface area contributed by atoms with Gasteiger partial charge in [-0.2, -0.15) is 0 Å². The number of rotatable bonds is 9. The maximum absolute atomic E-state index is 13.5. The summed E-state index contributed by atoms with van der Waals surface area (Å²) < 4.78 is 18.0. The van der Waals surface area contributed by atoms with Crippen molar-refractivity contribution in [2.75, 3.05) is 12.4 Å². The molecule has 0 bridgehead atoms. The molecule has 1 fully saturated rings. The normalized spacial score (nSPS) is 24.5. The van der Waals surface area contributed by atoms with Crippen molar-refractivity contribution >= 4 is 29.5 Å². The second-order valence-electron chi connectivity index (χ2n) is 9.24. The van der Waals surface area contributed by atoms with Crippen LogP contribution in [0.3, 0.4) is 0 Å². The van der Waals surface area contributed by atoms with Gasteiger partial charge in [-0.25, -0.2) is 4.79 Å². The van der Waals surface area contributed by atoms with E-state index in [1.54, 1.807) is 54.6 Å². The first-order valence-electron chi connectivity index (χ1n) is 12.8. The molecule has 5 rings (SSSR count). The quantitative estimate of drug-likeness (QED) is 0.318. The van der Waals surface area contributed by atoms with Gasteiger partial charge in [0.05, 0.1) is 29.9 Å². The lowest BCUT2D eigenvalue weighted by Gasteiger charge is -2.46. The Kier molecular flexibility index (Phi) is 8.42. The molecule has 5 atom stereocenters. The van der Waals surface area contributed by atoms with Gasteiger partial charge in [-0.05, 0) is 35.6 Å². The summed E-state index contributed by atoms with van der Waals surface area (Å²) in [6.07, 6.45) is -3.47. The van der Waals surface area contributed by atoms with E-state index in [2.05, 4.69) is 0 Å². The maximum Gasteiger partial charge on any atom is 0.338 e. The lowest BCUT2D eigenvalue weighted by Crippen LogP contribution is -2.65. The summed E-state index contributed by atoms with van der Waals surface area (Å²) in [6, 6.07) is 23.4. The largest absolute Gasteiger partial charge is 0.454 e. The minimum Gasteiger partial charge on any atom is -0.454 e. The standard InChI is InChI=1S/C30H29NO7S/c1-2-39-30-24(31-27(33)21-15-9-10-16-22(21)28(31)34)26(38-29(35)20-13-7-4-8-14-20)25(32)23(37-30)18-36-17-19-11-5-3-6-12-19/h3-16,23-26,30,32H,2,17-18H2,1H3/t23-,24-,25-,26-,30+/m1/s1. The first kappa shape index (κ1) is 27.1. The van der Waals surface area contributed by atoms with Crippen LogP contribution >= 0.6 is 11.8 Å². The number of benzene rings is 3. The first-order valence-corrected chi connectivity index (χ1v) is 13.8. The fourth-order valence-corrected chi connectivity index (χ4v) is 5.89. The van der Waals surface area contributed by atoms with E-state index in [9.17, 15) is 19.5 Å². The van der Waals surface area contributed by atoms with Gasteiger partial charge in [0, 0.05) is 0 Å². The van der Waals surface area contributed by atoms with Crippen LogP contribution in [0.1, 0.15) is 43.6 Å². The third kappa shape index (κ3) is 5.62. The van der Waals surface area contributed by atoms with E-state index < -0.39 is 47.6 Å². The van der Waals surface area contributed by atoms with Crippen LogP contribution in [-0.4, -0.2) is 69.9 Å². The topological polar surface area (TPSA) is 102 Å². The second-order valence-corrected chi connectivity index (χ2v) is 10.6. The number of hydrogen-bond acceptors (Lipinski definition) is 8. The number of amides is 2. The monoisotopic (exact) mass is 547 g/mol. The van der Waals surface area contributed by atoms with Gasteiger partial charge in [-0.3, -0.25) is 14.5 Å². The summed E-state index contributed by atoms with van der Waals surface area (Å²) >= 11 is 1.37. The van der Waals surface area contributed by atoms with Crippen molar-refractivity contribution in [3.63, 3.8) is 0 Å². The lowest BCUT2D eigenvalue weighted by molar-refractivity contribution is -0.188. The molecule has 2 aliphatic heterocycles. The molecule has 8 nitrogen and oxygen atoms in total. The Labute approximate surface area is 230 Å². The zero-order chi connectivity index (χ0) is 27.4. The van der Waals surface area contributed by atoms with Gasteiger partial charge in [-0.1, -0.05) is 67.6 Å². The highest BCUT2D eigenvalue weighted by atomic mass is 32.2. The summed E-state index contributed by atoms with van der Waals surface area (Å²) in [5.74, 6) is -1.11. The van der Waals surface area contributed by atoms with Crippen molar-refractivity contribution in [2.45, 2.75) is 43.3 Å². The predicted molar refractivity (Wildman–Crippen MR) is 145 cm³/mol. The minimum absolute atomic E-state index is 0.0189. The average molecular weight is 548 g/mol. The zero-order valence-electron chi connectivity index (χ0n) is 21.3. The molecule has 202 valence electrons. The Morgan fingerprint density at radius 3 is 2.13 bits per heavy atom. The second kappa shape index (κ2) is 12.1. The Morgan fingerprint density at radius 2 is 1.51 bits per heavy atom. The van der Waals surface area contributed by atoms with E-state index >= 15 is 0 Å². The molecule has 3 aromatic carbocycles. The molecular formula is C30H29NO7S. The molecule has 39 heavy (non-hydrogen) atoms. The zero-order valence-corrected chi connectivity index (χ0v) is 22.2. The highest BCUT2D eigenvalue weighted by Crippen LogP contribution is 2.37. The Morgan fingerprint density at radius 1 is 0.923 bits per heavy atom. The van der Waals surface area contributed by atoms with Crippen LogP contribution in [0.4, 0.5) is 0 Å². The van der Waals surface area contributed by atoms with Gasteiger partial charge in [-0.15, -0.1) is 11.8 Å². The van der Waals surface area contributed by atoms with Gasteiger partial charge in [0.2, 0.25) is 0 Å². The molecule has 2 heterocycles. The van der Waals surface area contributed by atoms with Gasteiger partial charge in [0.15, 0.2) is 6.10 Å². The molecule has 0 saturated carbocycles. The molecule has 0 radical (unpaired) electrons. The minimum atomic E-state index is -1.36. The van der Waals surface area contributed by atoms with E-state index in [1.807, 2.05) is 37.3 Å². The molecule has 3 aromatic rings.